The van der Waals surface area contributed by atoms with Crippen LogP contribution in [0.2, 0.25) is 0 Å². The Morgan fingerprint density at radius 1 is 1.00 bits per heavy atom. The molecule has 1 N–H and O–H groups in total. The van der Waals surface area contributed by atoms with Crippen molar-refractivity contribution >= 4 is 11.9 Å². The number of rotatable bonds is 7. The number of nitrogens with zero attached hydrogens (tertiary/aromatic N) is 4. The molecule has 8 heteroatoms. The highest BCUT2D eigenvalue weighted by atomic mass is 16.5. The van der Waals surface area contributed by atoms with Crippen LogP contribution in [0.15, 0.2) is 61.1 Å². The maximum atomic E-state index is 13.3. The first-order chi connectivity index (χ1) is 15.5. The van der Waals surface area contributed by atoms with Crippen LogP contribution in [0.4, 0.5) is 0 Å². The Morgan fingerprint density at radius 2 is 1.69 bits per heavy atom. The molecule has 32 heavy (non-hydrogen) atoms. The van der Waals surface area contributed by atoms with E-state index in [1.807, 2.05) is 18.2 Å². The third-order valence-corrected chi connectivity index (χ3v) is 5.61. The molecule has 0 atom stereocenters. The minimum atomic E-state index is -1.14. The van der Waals surface area contributed by atoms with Crippen LogP contribution in [0.3, 0.4) is 0 Å². The highest BCUT2D eigenvalue weighted by Gasteiger charge is 2.30. The van der Waals surface area contributed by atoms with Crippen LogP contribution in [0, 0.1) is 0 Å². The summed E-state index contributed by atoms with van der Waals surface area (Å²) in [6, 6.07) is 13.8. The first-order valence-corrected chi connectivity index (χ1v) is 10.5. The fourth-order valence-corrected chi connectivity index (χ4v) is 3.91. The summed E-state index contributed by atoms with van der Waals surface area (Å²) >= 11 is 0. The van der Waals surface area contributed by atoms with Crippen LogP contribution in [0.1, 0.15) is 32.0 Å². The van der Waals surface area contributed by atoms with Crippen molar-refractivity contribution in [1.82, 2.24) is 19.4 Å². The van der Waals surface area contributed by atoms with E-state index in [4.69, 9.17) is 4.74 Å². The van der Waals surface area contributed by atoms with Gasteiger partial charge in [0.15, 0.2) is 11.4 Å². The Balaban J connectivity index is 1.47. The van der Waals surface area contributed by atoms with E-state index in [-0.39, 0.29) is 29.5 Å². The molecule has 1 fully saturated rings. The molecule has 0 unspecified atom stereocenters. The van der Waals surface area contributed by atoms with Gasteiger partial charge in [0, 0.05) is 58.4 Å². The van der Waals surface area contributed by atoms with Crippen molar-refractivity contribution in [3.8, 4) is 5.75 Å². The number of aryl methyl sites for hydroxylation is 1. The van der Waals surface area contributed by atoms with Gasteiger partial charge in [-0.05, 0) is 23.3 Å². The maximum Gasteiger partial charge on any atom is 0.356 e. The number of pyridine rings is 1. The number of carbonyl (C=O) groups is 2. The predicted octanol–water partition coefficient (Wildman–Crippen LogP) is 2.66. The molecule has 1 aliphatic heterocycles. The quantitative estimate of drug-likeness (QED) is 0.615. The van der Waals surface area contributed by atoms with E-state index in [0.717, 1.165) is 25.2 Å². The molecule has 1 aromatic carbocycles. The summed E-state index contributed by atoms with van der Waals surface area (Å²) in [6.07, 6.45) is 4.83. The van der Waals surface area contributed by atoms with Gasteiger partial charge in [0.25, 0.3) is 5.91 Å². The Morgan fingerprint density at radius 3 is 2.34 bits per heavy atom. The summed E-state index contributed by atoms with van der Waals surface area (Å²) in [7, 11) is 1.61. The number of hydrogen-bond donors (Lipinski definition) is 1. The van der Waals surface area contributed by atoms with Gasteiger partial charge >= 0.3 is 5.97 Å². The van der Waals surface area contributed by atoms with Gasteiger partial charge in [0.05, 0.1) is 0 Å². The van der Waals surface area contributed by atoms with Crippen molar-refractivity contribution in [2.45, 2.75) is 13.2 Å². The molecule has 166 valence electrons. The summed E-state index contributed by atoms with van der Waals surface area (Å²) in [5.41, 5.74) is 2.32. The van der Waals surface area contributed by atoms with Crippen molar-refractivity contribution in [2.75, 3.05) is 26.2 Å². The molecule has 1 amide bonds. The third kappa shape index (κ3) is 4.81. The fourth-order valence-electron chi connectivity index (χ4n) is 3.91. The maximum absolute atomic E-state index is 13.3. The fraction of sp³-hybridized carbons (Fsp3) is 0.292. The minimum Gasteiger partial charge on any atom is -0.486 e. The normalized spacial score (nSPS) is 14.3. The smallest absolute Gasteiger partial charge is 0.356 e. The third-order valence-electron chi connectivity index (χ3n) is 5.61. The van der Waals surface area contributed by atoms with Gasteiger partial charge in [-0.1, -0.05) is 30.3 Å². The zero-order valence-corrected chi connectivity index (χ0v) is 18.0. The Kier molecular flexibility index (Phi) is 6.51. The second-order valence-corrected chi connectivity index (χ2v) is 7.83. The predicted molar refractivity (Wildman–Crippen MR) is 119 cm³/mol. The van der Waals surface area contributed by atoms with Gasteiger partial charge in [-0.25, -0.2) is 4.79 Å². The standard InChI is InChI=1S/C24H26N4O4/c1-26-16-20(22(21(26)24(30)31)32-17-19-7-9-25-10-8-19)23(29)28-13-11-27(12-14-28)15-18-5-3-2-4-6-18/h2-10,16H,11-15,17H2,1H3,(H,30,31). The lowest BCUT2D eigenvalue weighted by atomic mass is 10.2. The van der Waals surface area contributed by atoms with E-state index in [9.17, 15) is 14.7 Å². The van der Waals surface area contributed by atoms with E-state index < -0.39 is 5.97 Å². The molecule has 1 saturated heterocycles. The number of carboxylic acid groups (broad SMARTS) is 1. The van der Waals surface area contributed by atoms with Crippen molar-refractivity contribution in [2.24, 2.45) is 7.05 Å². The van der Waals surface area contributed by atoms with Gasteiger partial charge in [-0.2, -0.15) is 0 Å². The Bertz CT molecular complexity index is 1070. The number of hydrogen-bond acceptors (Lipinski definition) is 5. The average Bonchev–Trinajstić information content (AvgIpc) is 3.15. The topological polar surface area (TPSA) is 87.9 Å². The molecule has 1 aliphatic rings. The van der Waals surface area contributed by atoms with Crippen LogP contribution in [-0.4, -0.2) is 62.5 Å². The summed E-state index contributed by atoms with van der Waals surface area (Å²) < 4.78 is 7.29. The van der Waals surface area contributed by atoms with Gasteiger partial charge in [-0.3, -0.25) is 14.7 Å². The first-order valence-electron chi connectivity index (χ1n) is 10.5. The van der Waals surface area contributed by atoms with E-state index in [1.165, 1.54) is 10.1 Å². The molecule has 0 saturated carbocycles. The zero-order chi connectivity index (χ0) is 22.5. The van der Waals surface area contributed by atoms with Crippen molar-refractivity contribution < 1.29 is 19.4 Å². The highest BCUT2D eigenvalue weighted by Crippen LogP contribution is 2.29. The summed E-state index contributed by atoms with van der Waals surface area (Å²) in [5.74, 6) is -1.24. The lowest BCUT2D eigenvalue weighted by Gasteiger charge is -2.34. The van der Waals surface area contributed by atoms with E-state index in [2.05, 4.69) is 22.0 Å². The number of aromatic carboxylic acids is 1. The molecular weight excluding hydrogens is 408 g/mol. The van der Waals surface area contributed by atoms with Gasteiger partial charge in [0.2, 0.25) is 0 Å². The number of ether oxygens (including phenoxy) is 1. The van der Waals surface area contributed by atoms with Gasteiger partial charge < -0.3 is 19.3 Å². The number of amides is 1. The lowest BCUT2D eigenvalue weighted by molar-refractivity contribution is 0.0624. The average molecular weight is 434 g/mol. The molecular formula is C24H26N4O4. The molecule has 8 nitrogen and oxygen atoms in total. The van der Waals surface area contributed by atoms with E-state index in [1.54, 1.807) is 42.7 Å². The van der Waals surface area contributed by atoms with Gasteiger partial charge in [0.1, 0.15) is 12.2 Å². The number of piperazine rings is 1. The van der Waals surface area contributed by atoms with E-state index in [0.29, 0.717) is 13.1 Å². The number of carbonyl (C=O) groups excluding carboxylic acids is 1. The summed E-state index contributed by atoms with van der Waals surface area (Å²) in [6.45, 7) is 3.66. The number of carboxylic acids is 1. The van der Waals surface area contributed by atoms with Crippen LogP contribution in [0.5, 0.6) is 5.75 Å². The minimum absolute atomic E-state index is 0.0369. The molecule has 0 aliphatic carbocycles. The number of benzene rings is 1. The van der Waals surface area contributed by atoms with Crippen LogP contribution in [0.25, 0.3) is 0 Å². The number of aromatic nitrogens is 2. The second-order valence-electron chi connectivity index (χ2n) is 7.83. The molecule has 0 radical (unpaired) electrons. The molecule has 0 spiro atoms. The lowest BCUT2D eigenvalue weighted by Crippen LogP contribution is -2.48. The van der Waals surface area contributed by atoms with E-state index >= 15 is 0 Å². The second kappa shape index (κ2) is 9.65. The van der Waals surface area contributed by atoms with Crippen LogP contribution < -0.4 is 4.74 Å². The van der Waals surface area contributed by atoms with Crippen LogP contribution >= 0.6 is 0 Å². The SMILES string of the molecule is Cn1cc(C(=O)N2CCN(Cc3ccccc3)CC2)c(OCc2ccncc2)c1C(=O)O. The Hall–Kier alpha value is -3.65. The zero-order valence-electron chi connectivity index (χ0n) is 18.0. The summed E-state index contributed by atoms with van der Waals surface area (Å²) in [5, 5.41) is 9.68. The van der Waals surface area contributed by atoms with Gasteiger partial charge in [-0.15, -0.1) is 0 Å². The molecule has 0 bridgehead atoms. The Labute approximate surface area is 186 Å². The monoisotopic (exact) mass is 434 g/mol. The van der Waals surface area contributed by atoms with Crippen molar-refractivity contribution in [3.63, 3.8) is 0 Å². The molecule has 4 rings (SSSR count). The van der Waals surface area contributed by atoms with Crippen molar-refractivity contribution in [1.29, 1.82) is 0 Å². The van der Waals surface area contributed by atoms with Crippen molar-refractivity contribution in [3.05, 3.63) is 83.4 Å². The summed E-state index contributed by atoms with van der Waals surface area (Å²) in [4.78, 5) is 33.2. The molecule has 3 heterocycles. The largest absolute Gasteiger partial charge is 0.486 e. The van der Waals surface area contributed by atoms with Crippen LogP contribution in [-0.2, 0) is 20.2 Å². The highest BCUT2D eigenvalue weighted by molar-refractivity contribution is 6.02. The molecule has 3 aromatic rings. The first kappa shape index (κ1) is 21.6. The molecule has 2 aromatic heterocycles.